The van der Waals surface area contributed by atoms with Crippen LogP contribution in [-0.2, 0) is 14.1 Å². The minimum atomic E-state index is -4.57. The minimum Gasteiger partial charge on any atom is -0.465 e. The summed E-state index contributed by atoms with van der Waals surface area (Å²) < 4.78 is 18.0. The lowest BCUT2D eigenvalue weighted by atomic mass is 10.6. The Labute approximate surface area is 99.1 Å². The SMILES string of the molecule is CCOC(=O)CN(C)C(N)=NP(=O)(O)O.Cl. The van der Waals surface area contributed by atoms with E-state index in [1.54, 1.807) is 6.92 Å². The van der Waals surface area contributed by atoms with Crippen LogP contribution < -0.4 is 5.73 Å². The van der Waals surface area contributed by atoms with Crippen LogP contribution in [-0.4, -0.2) is 46.8 Å². The number of halogens is 1. The Kier molecular flexibility index (Phi) is 8.18. The fraction of sp³-hybridized carbons (Fsp3) is 0.667. The number of nitrogens with two attached hydrogens (primary N) is 1. The summed E-state index contributed by atoms with van der Waals surface area (Å²) in [5, 5.41) is 0. The molecule has 0 saturated carbocycles. The topological polar surface area (TPSA) is 125 Å². The number of ether oxygens (including phenoxy) is 1. The van der Waals surface area contributed by atoms with Crippen molar-refractivity contribution >= 4 is 32.1 Å². The van der Waals surface area contributed by atoms with Crippen LogP contribution in [0.5, 0.6) is 0 Å². The molecule has 0 bridgehead atoms. The number of esters is 1. The number of hydrogen-bond donors (Lipinski definition) is 3. The molecule has 4 N–H and O–H groups in total. The number of hydrogen-bond acceptors (Lipinski definition) is 3. The predicted molar refractivity (Wildman–Crippen MR) is 60.2 cm³/mol. The summed E-state index contributed by atoms with van der Waals surface area (Å²) >= 11 is 0. The molecule has 0 aromatic heterocycles. The van der Waals surface area contributed by atoms with Crippen molar-refractivity contribution in [3.8, 4) is 0 Å². The maximum Gasteiger partial charge on any atom is 0.451 e. The Bertz CT molecular complexity index is 305. The second kappa shape index (κ2) is 7.45. The molecule has 16 heavy (non-hydrogen) atoms. The second-order valence-corrected chi connectivity index (χ2v) is 3.86. The zero-order chi connectivity index (χ0) is 12.1. The van der Waals surface area contributed by atoms with Crippen molar-refractivity contribution in [2.45, 2.75) is 6.92 Å². The molecule has 0 aromatic carbocycles. The minimum absolute atomic E-state index is 0. The van der Waals surface area contributed by atoms with Crippen LogP contribution in [0.1, 0.15) is 6.92 Å². The average molecular weight is 276 g/mol. The molecule has 0 saturated heterocycles. The highest BCUT2D eigenvalue weighted by Crippen LogP contribution is 2.35. The van der Waals surface area contributed by atoms with Gasteiger partial charge in [0.2, 0.25) is 5.96 Å². The van der Waals surface area contributed by atoms with Crippen molar-refractivity contribution in [3.05, 3.63) is 0 Å². The van der Waals surface area contributed by atoms with Gasteiger partial charge in [0.25, 0.3) is 0 Å². The highest BCUT2D eigenvalue weighted by Gasteiger charge is 2.15. The molecule has 0 aromatic rings. The van der Waals surface area contributed by atoms with Crippen molar-refractivity contribution in [1.82, 2.24) is 4.90 Å². The Morgan fingerprint density at radius 2 is 2.06 bits per heavy atom. The van der Waals surface area contributed by atoms with Gasteiger partial charge in [-0.3, -0.25) is 4.79 Å². The van der Waals surface area contributed by atoms with E-state index in [1.807, 2.05) is 0 Å². The van der Waals surface area contributed by atoms with E-state index in [2.05, 4.69) is 9.50 Å². The molecule has 0 unspecified atom stereocenters. The Balaban J connectivity index is 0. The first-order chi connectivity index (χ1) is 6.76. The fourth-order valence-electron chi connectivity index (χ4n) is 0.691. The Morgan fingerprint density at radius 3 is 2.44 bits per heavy atom. The van der Waals surface area contributed by atoms with Gasteiger partial charge in [-0.1, -0.05) is 0 Å². The number of likely N-dealkylation sites (N-methyl/N-ethyl adjacent to an activating group) is 1. The molecule has 0 fully saturated rings. The zero-order valence-electron chi connectivity index (χ0n) is 8.86. The van der Waals surface area contributed by atoms with E-state index in [0.29, 0.717) is 0 Å². The quantitative estimate of drug-likeness (QED) is 0.268. The zero-order valence-corrected chi connectivity index (χ0v) is 10.6. The van der Waals surface area contributed by atoms with Crippen molar-refractivity contribution in [3.63, 3.8) is 0 Å². The van der Waals surface area contributed by atoms with Crippen LogP contribution in [0.4, 0.5) is 0 Å². The van der Waals surface area contributed by atoms with Crippen molar-refractivity contribution < 1.29 is 23.9 Å². The van der Waals surface area contributed by atoms with Gasteiger partial charge in [-0.05, 0) is 6.92 Å². The second-order valence-electron chi connectivity index (χ2n) is 2.63. The number of carbonyl (C=O) groups excluding carboxylic acids is 1. The van der Waals surface area contributed by atoms with E-state index < -0.39 is 19.7 Å². The van der Waals surface area contributed by atoms with Gasteiger partial charge in [-0.15, -0.1) is 17.2 Å². The molecule has 0 spiro atoms. The van der Waals surface area contributed by atoms with Gasteiger partial charge in [-0.2, -0.15) is 0 Å². The van der Waals surface area contributed by atoms with E-state index in [-0.39, 0.29) is 25.6 Å². The largest absolute Gasteiger partial charge is 0.465 e. The number of rotatable bonds is 4. The molecule has 0 rings (SSSR count). The number of nitrogens with zero attached hydrogens (tertiary/aromatic N) is 2. The van der Waals surface area contributed by atoms with Crippen molar-refractivity contribution in [2.75, 3.05) is 20.2 Å². The summed E-state index contributed by atoms with van der Waals surface area (Å²) in [6.07, 6.45) is 0. The molecule has 0 aliphatic heterocycles. The molecule has 0 amide bonds. The molecule has 0 atom stereocenters. The van der Waals surface area contributed by atoms with Gasteiger partial charge < -0.3 is 25.2 Å². The summed E-state index contributed by atoms with van der Waals surface area (Å²) in [7, 11) is -3.20. The number of guanidine groups is 1. The lowest BCUT2D eigenvalue weighted by Crippen LogP contribution is -2.38. The lowest BCUT2D eigenvalue weighted by Gasteiger charge is -2.16. The predicted octanol–water partition coefficient (Wildman–Crippen LogP) is -0.689. The first-order valence-corrected chi connectivity index (χ1v) is 5.60. The van der Waals surface area contributed by atoms with Crippen LogP contribution in [0.25, 0.3) is 0 Å². The Morgan fingerprint density at radius 1 is 1.56 bits per heavy atom. The van der Waals surface area contributed by atoms with E-state index in [4.69, 9.17) is 15.5 Å². The molecule has 96 valence electrons. The Hall–Kier alpha value is -0.820. The van der Waals surface area contributed by atoms with Crippen LogP contribution in [0.3, 0.4) is 0 Å². The maximum atomic E-state index is 11.0. The lowest BCUT2D eigenvalue weighted by molar-refractivity contribution is -0.143. The monoisotopic (exact) mass is 275 g/mol. The summed E-state index contributed by atoms with van der Waals surface area (Å²) in [6, 6.07) is 0. The van der Waals surface area contributed by atoms with Crippen LogP contribution >= 0.6 is 20.2 Å². The van der Waals surface area contributed by atoms with E-state index in [0.717, 1.165) is 4.90 Å². The molecule has 8 nitrogen and oxygen atoms in total. The van der Waals surface area contributed by atoms with Crippen LogP contribution in [0.15, 0.2) is 4.76 Å². The maximum absolute atomic E-state index is 11.0. The summed E-state index contributed by atoms with van der Waals surface area (Å²) in [6.45, 7) is 1.65. The summed E-state index contributed by atoms with van der Waals surface area (Å²) in [4.78, 5) is 29.0. The van der Waals surface area contributed by atoms with E-state index in [1.165, 1.54) is 7.05 Å². The highest BCUT2D eigenvalue weighted by molar-refractivity contribution is 7.50. The van der Waals surface area contributed by atoms with Gasteiger partial charge >= 0.3 is 13.7 Å². The molecule has 0 heterocycles. The summed E-state index contributed by atoms with van der Waals surface area (Å²) in [5.74, 6) is -0.972. The average Bonchev–Trinajstić information content (AvgIpc) is 2.00. The van der Waals surface area contributed by atoms with Crippen LogP contribution in [0.2, 0.25) is 0 Å². The van der Waals surface area contributed by atoms with Gasteiger partial charge in [0, 0.05) is 7.05 Å². The van der Waals surface area contributed by atoms with Gasteiger partial charge in [0.15, 0.2) is 0 Å². The van der Waals surface area contributed by atoms with E-state index in [9.17, 15) is 9.36 Å². The van der Waals surface area contributed by atoms with Gasteiger partial charge in [-0.25, -0.2) is 4.57 Å². The third-order valence-corrected chi connectivity index (χ3v) is 1.76. The van der Waals surface area contributed by atoms with Gasteiger partial charge in [0.05, 0.1) is 6.61 Å². The van der Waals surface area contributed by atoms with Crippen molar-refractivity contribution in [1.29, 1.82) is 0 Å². The first-order valence-electron chi connectivity index (χ1n) is 4.04. The standard InChI is InChI=1S/C6H14N3O5P.ClH/c1-3-14-5(10)4-9(2)6(7)8-15(11,12)13;/h3-4H2,1-2H3,(H4,7,8,11,12,13);1H. The molecule has 10 heteroatoms. The highest BCUT2D eigenvalue weighted by atomic mass is 35.5. The molecule has 0 radical (unpaired) electrons. The number of carbonyl (C=O) groups is 1. The van der Waals surface area contributed by atoms with Crippen LogP contribution in [0, 0.1) is 0 Å². The molecule has 0 aliphatic rings. The molecular weight excluding hydrogens is 261 g/mol. The third kappa shape index (κ3) is 8.49. The van der Waals surface area contributed by atoms with E-state index >= 15 is 0 Å². The third-order valence-electron chi connectivity index (χ3n) is 1.30. The summed E-state index contributed by atoms with van der Waals surface area (Å²) in [5.41, 5.74) is 5.22. The van der Waals surface area contributed by atoms with Gasteiger partial charge in [0.1, 0.15) is 6.54 Å². The normalized spacial score (nSPS) is 11.6. The smallest absolute Gasteiger partial charge is 0.451 e. The molecule has 0 aliphatic carbocycles. The fourth-order valence-corrected chi connectivity index (χ4v) is 1.11. The van der Waals surface area contributed by atoms with Crippen molar-refractivity contribution in [2.24, 2.45) is 10.5 Å². The first kappa shape index (κ1) is 17.6. The molecular formula is C6H15ClN3O5P.